The number of aliphatic hydroxyl groups excluding tert-OH is 2. The Balaban J connectivity index is 3.14. The first-order valence-electron chi connectivity index (χ1n) is 19.9. The van der Waals surface area contributed by atoms with Gasteiger partial charge in [-0.05, 0) is 38.5 Å². The number of nitrogens with two attached hydrogens (primary N) is 2. The Labute approximate surface area is 368 Å². The van der Waals surface area contributed by atoms with Gasteiger partial charge in [0.25, 0.3) is 0 Å². The van der Waals surface area contributed by atoms with Crippen LogP contribution in [-0.2, 0) is 54.4 Å². The number of rotatable bonds is 28. The number of hydrogen-bond donors (Lipinski definition) is 15. The Morgan fingerprint density at radius 2 is 1.29 bits per heavy atom. The summed E-state index contributed by atoms with van der Waals surface area (Å²) >= 11 is 4.01. The Hall–Kier alpha value is -5.86. The monoisotopic (exact) mass is 914 g/mol. The van der Waals surface area contributed by atoms with Crippen LogP contribution in [0.2, 0.25) is 0 Å². The predicted octanol–water partition coefficient (Wildman–Crippen LogP) is -5.84. The number of aliphatic hydroxyl groups is 2. The van der Waals surface area contributed by atoms with Gasteiger partial charge in [-0.1, -0.05) is 27.7 Å². The summed E-state index contributed by atoms with van der Waals surface area (Å²) in [6, 6.07) is -11.1. The number of H-pyrrole nitrogens is 1. The van der Waals surface area contributed by atoms with Gasteiger partial charge in [-0.15, -0.1) is 0 Å². The second kappa shape index (κ2) is 27.3. The van der Waals surface area contributed by atoms with Gasteiger partial charge in [0.15, 0.2) is 0 Å². The number of nitrogens with zero attached hydrogens (tertiary/aromatic N) is 1. The summed E-state index contributed by atoms with van der Waals surface area (Å²) < 4.78 is 0. The summed E-state index contributed by atoms with van der Waals surface area (Å²) in [5, 5.41) is 47.8. The molecule has 0 bridgehead atoms. The van der Waals surface area contributed by atoms with Crippen LogP contribution in [0.3, 0.4) is 0 Å². The van der Waals surface area contributed by atoms with Crippen LogP contribution >= 0.6 is 12.6 Å². The van der Waals surface area contributed by atoms with Crippen LogP contribution in [0.1, 0.15) is 66.5 Å². The van der Waals surface area contributed by atoms with Crippen LogP contribution in [0.5, 0.6) is 0 Å². The van der Waals surface area contributed by atoms with Crippen LogP contribution in [-0.4, -0.2) is 158 Å². The molecule has 1 rings (SSSR count). The van der Waals surface area contributed by atoms with E-state index in [1.54, 1.807) is 27.7 Å². The summed E-state index contributed by atoms with van der Waals surface area (Å²) in [5.41, 5.74) is 11.3. The van der Waals surface area contributed by atoms with Gasteiger partial charge in [0.1, 0.15) is 48.3 Å². The predicted molar refractivity (Wildman–Crippen MR) is 225 cm³/mol. The second-order valence-corrected chi connectivity index (χ2v) is 15.8. The van der Waals surface area contributed by atoms with Crippen molar-refractivity contribution in [2.75, 3.05) is 18.9 Å². The van der Waals surface area contributed by atoms with E-state index in [0.717, 1.165) is 6.92 Å². The van der Waals surface area contributed by atoms with Crippen LogP contribution in [0.4, 0.5) is 0 Å². The molecular formula is C37H62N12O13S. The molecule has 0 saturated carbocycles. The molecule has 0 aliphatic heterocycles. The van der Waals surface area contributed by atoms with Crippen molar-refractivity contribution < 1.29 is 63.3 Å². The van der Waals surface area contributed by atoms with Gasteiger partial charge in [-0.3, -0.25) is 47.9 Å². The minimum absolute atomic E-state index is 0.102. The minimum Gasteiger partial charge on any atom is -0.480 e. The molecule has 0 fully saturated rings. The van der Waals surface area contributed by atoms with Gasteiger partial charge < -0.3 is 74.3 Å². The number of carboxylic acids is 1. The normalized spacial score (nSPS) is 15.4. The SMILES string of the molecule is CC(C)C[C@H](NC(=O)[C@@H](N)CO)C(=O)N[C@@H](Cc1cnc[nH]1)C(=O)N[C@H](C(=O)NCC(=O)N[C@H](C(=O)N[C@@H](CCC(N)=O)C(=O)N[C@@H](CS)C(=O)N[C@@H](C)C(=O)O)[C@@H](C)O)C(C)C. The number of thiol groups is 1. The second-order valence-electron chi connectivity index (χ2n) is 15.4. The van der Waals surface area contributed by atoms with Gasteiger partial charge >= 0.3 is 5.97 Å². The zero-order chi connectivity index (χ0) is 48.1. The van der Waals surface area contributed by atoms with Crippen LogP contribution < -0.4 is 54.0 Å². The first kappa shape index (κ1) is 55.2. The molecule has 25 nitrogen and oxygen atoms in total. The third-order valence-corrected chi connectivity index (χ3v) is 9.46. The number of primary amides is 1. The van der Waals surface area contributed by atoms with Crippen molar-refractivity contribution in [3.05, 3.63) is 18.2 Å². The average Bonchev–Trinajstić information content (AvgIpc) is 3.72. The summed E-state index contributed by atoms with van der Waals surface area (Å²) in [5.74, 6) is -10.5. The highest BCUT2D eigenvalue weighted by atomic mass is 32.1. The molecule has 9 atom stereocenters. The Morgan fingerprint density at radius 1 is 0.730 bits per heavy atom. The zero-order valence-electron chi connectivity index (χ0n) is 35.9. The summed E-state index contributed by atoms with van der Waals surface area (Å²) in [6.07, 6.45) is 0.363. The number of amides is 9. The molecule has 0 aliphatic rings. The molecule has 1 aromatic rings. The Kier molecular flexibility index (Phi) is 23.9. The topological polar surface area (TPSA) is 408 Å². The molecule has 16 N–H and O–H groups in total. The lowest BCUT2D eigenvalue weighted by Crippen LogP contribution is -2.61. The maximum Gasteiger partial charge on any atom is 0.325 e. The summed E-state index contributed by atoms with van der Waals surface area (Å²) in [6.45, 7) is 7.63. The Morgan fingerprint density at radius 3 is 1.79 bits per heavy atom. The van der Waals surface area contributed by atoms with Crippen molar-refractivity contribution in [1.82, 2.24) is 52.5 Å². The van der Waals surface area contributed by atoms with Crippen LogP contribution in [0.25, 0.3) is 0 Å². The maximum atomic E-state index is 13.7. The van der Waals surface area contributed by atoms with Crippen LogP contribution in [0.15, 0.2) is 12.5 Å². The molecule has 354 valence electrons. The van der Waals surface area contributed by atoms with Crippen molar-refractivity contribution in [1.29, 1.82) is 0 Å². The van der Waals surface area contributed by atoms with Crippen molar-refractivity contribution >= 4 is 71.8 Å². The van der Waals surface area contributed by atoms with E-state index in [1.165, 1.54) is 19.4 Å². The lowest BCUT2D eigenvalue weighted by molar-refractivity contribution is -0.141. The largest absolute Gasteiger partial charge is 0.480 e. The highest BCUT2D eigenvalue weighted by Crippen LogP contribution is 2.09. The molecule has 0 aliphatic carbocycles. The minimum atomic E-state index is -1.74. The summed E-state index contributed by atoms with van der Waals surface area (Å²) in [4.78, 5) is 135. The van der Waals surface area contributed by atoms with E-state index >= 15 is 0 Å². The van der Waals surface area contributed by atoms with Gasteiger partial charge in [-0.2, -0.15) is 12.6 Å². The number of aromatic amines is 1. The number of hydrogen-bond acceptors (Lipinski definition) is 15. The molecule has 1 heterocycles. The molecule has 0 unspecified atom stereocenters. The third-order valence-electron chi connectivity index (χ3n) is 9.09. The molecule has 63 heavy (non-hydrogen) atoms. The number of aliphatic carboxylic acids is 1. The number of carbonyl (C=O) groups excluding carboxylic acids is 9. The average molecular weight is 915 g/mol. The van der Waals surface area contributed by atoms with Gasteiger partial charge in [0, 0.05) is 30.5 Å². The number of nitrogens with one attached hydrogen (secondary N) is 9. The quantitative estimate of drug-likeness (QED) is 0.0348. The van der Waals surface area contributed by atoms with E-state index in [-0.39, 0.29) is 30.9 Å². The van der Waals surface area contributed by atoms with Crippen LogP contribution in [0, 0.1) is 11.8 Å². The first-order chi connectivity index (χ1) is 29.4. The molecule has 26 heteroatoms. The maximum absolute atomic E-state index is 13.7. The Bertz CT molecular complexity index is 1750. The third kappa shape index (κ3) is 19.8. The fraction of sp³-hybridized carbons (Fsp3) is 0.649. The number of carboxylic acid groups (broad SMARTS) is 1. The lowest BCUT2D eigenvalue weighted by Gasteiger charge is -2.27. The molecule has 0 radical (unpaired) electrons. The van der Waals surface area contributed by atoms with E-state index in [0.29, 0.717) is 5.69 Å². The van der Waals surface area contributed by atoms with Crippen molar-refractivity contribution in [2.45, 2.75) is 122 Å². The molecule has 0 saturated heterocycles. The lowest BCUT2D eigenvalue weighted by atomic mass is 10.0. The summed E-state index contributed by atoms with van der Waals surface area (Å²) in [7, 11) is 0. The van der Waals surface area contributed by atoms with Crippen molar-refractivity contribution in [2.24, 2.45) is 23.3 Å². The molecule has 0 aromatic carbocycles. The van der Waals surface area contributed by atoms with E-state index in [1.807, 2.05) is 0 Å². The van der Waals surface area contributed by atoms with Crippen molar-refractivity contribution in [3.63, 3.8) is 0 Å². The highest BCUT2D eigenvalue weighted by molar-refractivity contribution is 7.80. The van der Waals surface area contributed by atoms with E-state index in [2.05, 4.69) is 65.1 Å². The van der Waals surface area contributed by atoms with Crippen molar-refractivity contribution in [3.8, 4) is 0 Å². The van der Waals surface area contributed by atoms with Gasteiger partial charge in [0.05, 0.1) is 25.6 Å². The standard InChI is InChI=1S/C37H62N12O13S/c1-16(2)9-23(45-30(54)21(38)13-50)32(56)46-24(10-20-11-40-15-42-20)33(57)49-28(17(3)4)35(59)41-12-27(53)48-29(19(6)51)36(60)44-22(7-8-26(39)52)31(55)47-25(14-63)34(58)43-18(5)37(61)62/h11,15-19,21-25,28-29,50-51,63H,7-10,12-14,38H2,1-6H3,(H2,39,52)(H,40,42)(H,41,59)(H,43,58)(H,44,60)(H,45,54)(H,46,56)(H,47,55)(H,48,53)(H,49,57)(H,61,62)/t18-,19+,21-,22-,23-,24-,25-,28-,29-/m0/s1. The zero-order valence-corrected chi connectivity index (χ0v) is 36.8. The molecule has 1 aromatic heterocycles. The smallest absolute Gasteiger partial charge is 0.325 e. The molecular weight excluding hydrogens is 853 g/mol. The molecule has 9 amide bonds. The van der Waals surface area contributed by atoms with Gasteiger partial charge in [-0.25, -0.2) is 4.98 Å². The van der Waals surface area contributed by atoms with E-state index in [9.17, 15) is 58.2 Å². The fourth-order valence-electron chi connectivity index (χ4n) is 5.52. The number of aromatic nitrogens is 2. The fourth-order valence-corrected chi connectivity index (χ4v) is 5.77. The number of carbonyl (C=O) groups is 10. The van der Waals surface area contributed by atoms with Gasteiger partial charge in [0.2, 0.25) is 53.2 Å². The number of imidazole rings is 1. The first-order valence-corrected chi connectivity index (χ1v) is 20.6. The molecule has 0 spiro atoms. The van der Waals surface area contributed by atoms with E-state index in [4.69, 9.17) is 16.6 Å². The van der Waals surface area contributed by atoms with E-state index < -0.39 is 139 Å². The highest BCUT2D eigenvalue weighted by Gasteiger charge is 2.35.